The van der Waals surface area contributed by atoms with Gasteiger partial charge in [-0.1, -0.05) is 23.4 Å². The number of halogens is 1. The lowest BCUT2D eigenvalue weighted by Crippen LogP contribution is -2.12. The molecule has 152 valence electrons. The van der Waals surface area contributed by atoms with E-state index in [2.05, 4.69) is 10.2 Å². The summed E-state index contributed by atoms with van der Waals surface area (Å²) in [5.41, 5.74) is 1.36. The normalized spacial score (nSPS) is 11.4. The van der Waals surface area contributed by atoms with Gasteiger partial charge in [0.15, 0.2) is 11.0 Å². The molecule has 0 unspecified atom stereocenters. The number of nitrogens with two attached hydrogens (primary N) is 1. The summed E-state index contributed by atoms with van der Waals surface area (Å²) in [6.45, 7) is 2.02. The van der Waals surface area contributed by atoms with Crippen molar-refractivity contribution in [1.82, 2.24) is 14.8 Å². The zero-order valence-corrected chi connectivity index (χ0v) is 17.7. The molecule has 1 heterocycles. The van der Waals surface area contributed by atoms with Crippen LogP contribution in [0.1, 0.15) is 6.92 Å². The van der Waals surface area contributed by atoms with Gasteiger partial charge in [-0.2, -0.15) is 0 Å². The van der Waals surface area contributed by atoms with Gasteiger partial charge in [0.05, 0.1) is 17.3 Å². The van der Waals surface area contributed by atoms with E-state index in [1.807, 2.05) is 0 Å². The van der Waals surface area contributed by atoms with Gasteiger partial charge in [-0.05, 0) is 55.5 Å². The average Bonchev–Trinajstić information content (AvgIpc) is 3.10. The van der Waals surface area contributed by atoms with E-state index >= 15 is 0 Å². The molecule has 0 atom stereocenters. The molecule has 2 N–H and O–H groups in total. The quantitative estimate of drug-likeness (QED) is 0.432. The highest BCUT2D eigenvalue weighted by atomic mass is 35.5. The summed E-state index contributed by atoms with van der Waals surface area (Å²) in [5.74, 6) is 0.197. The third-order valence-corrected chi connectivity index (χ3v) is 5.87. The van der Waals surface area contributed by atoms with E-state index in [0.717, 1.165) is 17.3 Å². The fourth-order valence-corrected chi connectivity index (χ4v) is 3.88. The third kappa shape index (κ3) is 5.15. The van der Waals surface area contributed by atoms with E-state index in [0.29, 0.717) is 21.7 Å². The highest BCUT2D eigenvalue weighted by Crippen LogP contribution is 2.29. The standard InChI is InChI=1S/C18H17ClN4O4S2/c1-2-27-16(24)11-28-18-22-21-17(12-3-5-13(19)6-4-12)23(18)14-7-9-15(10-8-14)29(20,25)26/h3-10H,2,11H2,1H3,(H2,20,25,26). The number of esters is 1. The van der Waals surface area contributed by atoms with Crippen molar-refractivity contribution in [3.8, 4) is 17.1 Å². The van der Waals surface area contributed by atoms with Crippen LogP contribution in [0.3, 0.4) is 0 Å². The maximum Gasteiger partial charge on any atom is 0.316 e. The van der Waals surface area contributed by atoms with E-state index in [1.54, 1.807) is 47.9 Å². The van der Waals surface area contributed by atoms with Crippen molar-refractivity contribution in [1.29, 1.82) is 0 Å². The summed E-state index contributed by atoms with van der Waals surface area (Å²) >= 11 is 7.13. The van der Waals surface area contributed by atoms with E-state index in [9.17, 15) is 13.2 Å². The topological polar surface area (TPSA) is 117 Å². The van der Waals surface area contributed by atoms with Gasteiger partial charge < -0.3 is 4.74 Å². The number of thioether (sulfide) groups is 1. The summed E-state index contributed by atoms with van der Waals surface area (Å²) in [4.78, 5) is 11.7. The maximum atomic E-state index is 11.7. The highest BCUT2D eigenvalue weighted by Gasteiger charge is 2.18. The fourth-order valence-electron chi connectivity index (χ4n) is 2.49. The van der Waals surface area contributed by atoms with Crippen molar-refractivity contribution in [2.45, 2.75) is 17.0 Å². The second kappa shape index (κ2) is 8.95. The molecule has 1 aromatic heterocycles. The van der Waals surface area contributed by atoms with Gasteiger partial charge in [0.2, 0.25) is 10.0 Å². The van der Waals surface area contributed by atoms with Crippen LogP contribution in [0.4, 0.5) is 0 Å². The number of ether oxygens (including phenoxy) is 1. The van der Waals surface area contributed by atoms with Crippen LogP contribution in [0.15, 0.2) is 58.6 Å². The van der Waals surface area contributed by atoms with E-state index in [1.165, 1.54) is 12.1 Å². The summed E-state index contributed by atoms with van der Waals surface area (Å²) in [6, 6.07) is 13.0. The molecule has 0 aliphatic carbocycles. The molecule has 0 saturated heterocycles. The van der Waals surface area contributed by atoms with Crippen LogP contribution in [0.2, 0.25) is 5.02 Å². The van der Waals surface area contributed by atoms with Gasteiger partial charge in [-0.15, -0.1) is 10.2 Å². The number of hydrogen-bond acceptors (Lipinski definition) is 7. The summed E-state index contributed by atoms with van der Waals surface area (Å²) in [6.07, 6.45) is 0. The molecule has 3 aromatic rings. The Morgan fingerprint density at radius 1 is 1.14 bits per heavy atom. The molecule has 0 aliphatic heterocycles. The molecular weight excluding hydrogens is 436 g/mol. The van der Waals surface area contributed by atoms with Crippen molar-refractivity contribution in [2.75, 3.05) is 12.4 Å². The monoisotopic (exact) mass is 452 g/mol. The molecule has 0 spiro atoms. The second-order valence-corrected chi connectivity index (χ2v) is 8.72. The second-order valence-electron chi connectivity index (χ2n) is 5.78. The van der Waals surface area contributed by atoms with Crippen molar-refractivity contribution in [3.05, 3.63) is 53.6 Å². The van der Waals surface area contributed by atoms with Crippen molar-refractivity contribution in [2.24, 2.45) is 5.14 Å². The Morgan fingerprint density at radius 3 is 2.38 bits per heavy atom. The van der Waals surface area contributed by atoms with Gasteiger partial charge in [0.1, 0.15) is 0 Å². The smallest absolute Gasteiger partial charge is 0.316 e. The molecule has 2 aromatic carbocycles. The number of carbonyl (C=O) groups is 1. The van der Waals surface area contributed by atoms with Crippen LogP contribution in [-0.2, 0) is 19.6 Å². The summed E-state index contributed by atoms with van der Waals surface area (Å²) in [7, 11) is -3.81. The Kier molecular flexibility index (Phi) is 6.58. The molecule has 0 saturated carbocycles. The van der Waals surface area contributed by atoms with Crippen molar-refractivity contribution >= 4 is 39.4 Å². The molecule has 0 radical (unpaired) electrons. The highest BCUT2D eigenvalue weighted by molar-refractivity contribution is 7.99. The Labute approximate surface area is 177 Å². The number of sulfonamides is 1. The molecule has 11 heteroatoms. The largest absolute Gasteiger partial charge is 0.465 e. The van der Waals surface area contributed by atoms with Crippen molar-refractivity contribution in [3.63, 3.8) is 0 Å². The molecule has 0 bridgehead atoms. The average molecular weight is 453 g/mol. The zero-order valence-electron chi connectivity index (χ0n) is 15.3. The van der Waals surface area contributed by atoms with Crippen molar-refractivity contribution < 1.29 is 17.9 Å². The van der Waals surface area contributed by atoms with Crippen LogP contribution in [-0.4, -0.2) is 41.5 Å². The van der Waals surface area contributed by atoms with Gasteiger partial charge in [0, 0.05) is 16.3 Å². The summed E-state index contributed by atoms with van der Waals surface area (Å²) in [5, 5.41) is 14.6. The Bertz CT molecular complexity index is 1110. The van der Waals surface area contributed by atoms with Crippen LogP contribution in [0.5, 0.6) is 0 Å². The van der Waals surface area contributed by atoms with E-state index in [4.69, 9.17) is 21.5 Å². The maximum absolute atomic E-state index is 11.7. The first-order valence-electron chi connectivity index (χ1n) is 8.42. The Hall–Kier alpha value is -2.40. The van der Waals surface area contributed by atoms with Crippen LogP contribution >= 0.6 is 23.4 Å². The molecule has 0 amide bonds. The van der Waals surface area contributed by atoms with Crippen LogP contribution in [0, 0.1) is 0 Å². The number of primary sulfonamides is 1. The van der Waals surface area contributed by atoms with Gasteiger partial charge in [-0.25, -0.2) is 13.6 Å². The number of hydrogen-bond donors (Lipinski definition) is 1. The Balaban J connectivity index is 2.04. The molecule has 0 aliphatic rings. The number of carbonyl (C=O) groups excluding carboxylic acids is 1. The minimum Gasteiger partial charge on any atom is -0.465 e. The SMILES string of the molecule is CCOC(=O)CSc1nnc(-c2ccc(Cl)cc2)n1-c1ccc(S(N)(=O)=O)cc1. The zero-order chi connectivity index (χ0) is 21.0. The predicted octanol–water partition coefficient (Wildman–Crippen LogP) is 2.89. The number of aromatic nitrogens is 3. The number of benzene rings is 2. The minimum absolute atomic E-state index is 0.0110. The number of nitrogens with zero attached hydrogens (tertiary/aromatic N) is 3. The lowest BCUT2D eigenvalue weighted by Gasteiger charge is -2.11. The lowest BCUT2D eigenvalue weighted by molar-refractivity contribution is -0.139. The molecule has 3 rings (SSSR count). The van der Waals surface area contributed by atoms with Crippen LogP contribution in [0.25, 0.3) is 17.1 Å². The van der Waals surface area contributed by atoms with Gasteiger partial charge >= 0.3 is 5.97 Å². The predicted molar refractivity (Wildman–Crippen MR) is 111 cm³/mol. The Morgan fingerprint density at radius 2 is 1.79 bits per heavy atom. The third-order valence-electron chi connectivity index (χ3n) is 3.78. The number of rotatable bonds is 7. The first-order chi connectivity index (χ1) is 13.8. The molecule has 0 fully saturated rings. The van der Waals surface area contributed by atoms with Gasteiger partial charge in [0.25, 0.3) is 0 Å². The lowest BCUT2D eigenvalue weighted by atomic mass is 10.2. The van der Waals surface area contributed by atoms with E-state index < -0.39 is 10.0 Å². The van der Waals surface area contributed by atoms with E-state index in [-0.39, 0.29) is 23.2 Å². The fraction of sp³-hybridized carbons (Fsp3) is 0.167. The molecule has 29 heavy (non-hydrogen) atoms. The molecule has 8 nitrogen and oxygen atoms in total. The first-order valence-corrected chi connectivity index (χ1v) is 11.3. The summed E-state index contributed by atoms with van der Waals surface area (Å²) < 4.78 is 29.7. The van der Waals surface area contributed by atoms with Gasteiger partial charge in [-0.3, -0.25) is 9.36 Å². The molecular formula is C18H17ClN4O4S2. The minimum atomic E-state index is -3.81. The first kappa shape index (κ1) is 21.3. The van der Waals surface area contributed by atoms with Crippen LogP contribution < -0.4 is 5.14 Å².